The third-order valence-electron chi connectivity index (χ3n) is 5.48. The molecule has 1 unspecified atom stereocenters. The highest BCUT2D eigenvalue weighted by molar-refractivity contribution is 5.87. The lowest BCUT2D eigenvalue weighted by atomic mass is 9.84. The van der Waals surface area contributed by atoms with E-state index in [1.807, 2.05) is 24.3 Å². The molecule has 0 bridgehead atoms. The largest absolute Gasteiger partial charge is 0.507 e. The molecule has 0 spiro atoms. The number of fused-ring (bicyclic) bond motifs is 2. The summed E-state index contributed by atoms with van der Waals surface area (Å²) in [5.41, 5.74) is 1.89. The number of hydrogen-bond donors (Lipinski definition) is 2. The maximum absolute atomic E-state index is 13.0. The van der Waals surface area contributed by atoms with E-state index in [1.54, 1.807) is 42.6 Å². The zero-order valence-corrected chi connectivity index (χ0v) is 16.1. The van der Waals surface area contributed by atoms with Crippen LogP contribution in [0.4, 0.5) is 5.69 Å². The van der Waals surface area contributed by atoms with Gasteiger partial charge in [0.1, 0.15) is 11.3 Å². The Hall–Kier alpha value is -4.39. The molecule has 0 fully saturated rings. The van der Waals surface area contributed by atoms with Gasteiger partial charge in [-0.05, 0) is 29.3 Å². The Morgan fingerprint density at radius 3 is 2.35 bits per heavy atom. The van der Waals surface area contributed by atoms with Crippen molar-refractivity contribution in [3.63, 3.8) is 0 Å². The highest BCUT2D eigenvalue weighted by Gasteiger charge is 2.28. The molecular weight excluding hydrogens is 396 g/mol. The molecule has 0 aliphatic heterocycles. The number of benzene rings is 3. The van der Waals surface area contributed by atoms with Crippen molar-refractivity contribution in [1.82, 2.24) is 4.98 Å². The van der Waals surface area contributed by atoms with Crippen molar-refractivity contribution in [1.29, 1.82) is 0 Å². The molecular formula is C24H16N2O5. The first-order valence-electron chi connectivity index (χ1n) is 9.59. The Morgan fingerprint density at radius 1 is 0.935 bits per heavy atom. The summed E-state index contributed by atoms with van der Waals surface area (Å²) in [7, 11) is 0. The van der Waals surface area contributed by atoms with Gasteiger partial charge in [0.25, 0.3) is 5.69 Å². The van der Waals surface area contributed by atoms with Gasteiger partial charge in [-0.2, -0.15) is 0 Å². The van der Waals surface area contributed by atoms with Gasteiger partial charge in [-0.15, -0.1) is 0 Å². The summed E-state index contributed by atoms with van der Waals surface area (Å²) in [5, 5.41) is 23.5. The predicted octanol–water partition coefficient (Wildman–Crippen LogP) is 5.07. The Morgan fingerprint density at radius 2 is 1.61 bits per heavy atom. The summed E-state index contributed by atoms with van der Waals surface area (Å²) in [4.78, 5) is 26.8. The van der Waals surface area contributed by atoms with Gasteiger partial charge >= 0.3 is 5.63 Å². The van der Waals surface area contributed by atoms with Gasteiger partial charge in [0.05, 0.1) is 15.9 Å². The van der Waals surface area contributed by atoms with Crippen LogP contribution in [-0.2, 0) is 0 Å². The number of aromatic amines is 1. The number of para-hydroxylation sites is 2. The third-order valence-corrected chi connectivity index (χ3v) is 5.48. The van der Waals surface area contributed by atoms with Crippen molar-refractivity contribution in [2.24, 2.45) is 0 Å². The molecule has 5 rings (SSSR count). The van der Waals surface area contributed by atoms with Crippen molar-refractivity contribution in [3.8, 4) is 5.75 Å². The zero-order chi connectivity index (χ0) is 21.5. The second-order valence-corrected chi connectivity index (χ2v) is 7.22. The highest BCUT2D eigenvalue weighted by atomic mass is 16.6. The number of H-pyrrole nitrogens is 1. The van der Waals surface area contributed by atoms with Crippen molar-refractivity contribution >= 4 is 27.6 Å². The van der Waals surface area contributed by atoms with Crippen molar-refractivity contribution in [2.45, 2.75) is 5.92 Å². The fourth-order valence-electron chi connectivity index (χ4n) is 4.03. The van der Waals surface area contributed by atoms with Gasteiger partial charge < -0.3 is 14.5 Å². The van der Waals surface area contributed by atoms with Crippen molar-refractivity contribution in [2.75, 3.05) is 0 Å². The molecule has 2 heterocycles. The van der Waals surface area contributed by atoms with Crippen molar-refractivity contribution < 1.29 is 14.4 Å². The topological polar surface area (TPSA) is 109 Å². The van der Waals surface area contributed by atoms with Crippen LogP contribution in [0, 0.1) is 10.1 Å². The summed E-state index contributed by atoms with van der Waals surface area (Å²) >= 11 is 0. The summed E-state index contributed by atoms with van der Waals surface area (Å²) in [6.45, 7) is 0. The molecule has 0 saturated carbocycles. The number of nitrogens with one attached hydrogen (secondary N) is 1. The Kier molecular flexibility index (Phi) is 4.29. The van der Waals surface area contributed by atoms with Crippen LogP contribution in [0.2, 0.25) is 0 Å². The number of nitro groups is 1. The molecule has 3 aromatic carbocycles. The smallest absolute Gasteiger partial charge is 0.344 e. The van der Waals surface area contributed by atoms with E-state index in [1.165, 1.54) is 12.1 Å². The molecule has 0 aliphatic carbocycles. The van der Waals surface area contributed by atoms with Crippen LogP contribution >= 0.6 is 0 Å². The number of non-ortho nitro benzene ring substituents is 1. The maximum atomic E-state index is 13.0. The summed E-state index contributed by atoms with van der Waals surface area (Å²) < 4.78 is 5.51. The van der Waals surface area contributed by atoms with Gasteiger partial charge in [0.2, 0.25) is 0 Å². The Bertz CT molecular complexity index is 1500. The second kappa shape index (κ2) is 7.14. The zero-order valence-electron chi connectivity index (χ0n) is 16.1. The fraction of sp³-hybridized carbons (Fsp3) is 0.0417. The minimum Gasteiger partial charge on any atom is -0.507 e. The minimum absolute atomic E-state index is 0.0591. The Labute approximate surface area is 175 Å². The molecule has 31 heavy (non-hydrogen) atoms. The number of nitrogens with zero attached hydrogens (tertiary/aromatic N) is 1. The molecule has 5 aromatic rings. The first kappa shape index (κ1) is 18.6. The molecule has 1 atom stereocenters. The van der Waals surface area contributed by atoms with E-state index in [-0.39, 0.29) is 22.6 Å². The standard InChI is InChI=1S/C24H16N2O5/c27-23-17-6-2-4-8-20(17)31-24(28)22(23)21(14-9-11-15(12-10-14)26(29)30)18-13-25-19-7-3-1-5-16(18)19/h1-13,21,25,27H. The normalized spacial score (nSPS) is 12.3. The number of aromatic nitrogens is 1. The van der Waals surface area contributed by atoms with E-state index in [0.29, 0.717) is 10.9 Å². The second-order valence-electron chi connectivity index (χ2n) is 7.22. The molecule has 0 radical (unpaired) electrons. The third kappa shape index (κ3) is 3.03. The molecule has 0 saturated heterocycles. The SMILES string of the molecule is O=c1oc2ccccc2c(O)c1C(c1ccc([N+](=O)[O-])cc1)c1c[nH]c2ccccc12. The predicted molar refractivity (Wildman–Crippen MR) is 116 cm³/mol. The minimum atomic E-state index is -0.696. The van der Waals surface area contributed by atoms with E-state index in [9.17, 15) is 20.0 Å². The number of rotatable bonds is 4. The van der Waals surface area contributed by atoms with Crippen molar-refractivity contribution in [3.05, 3.63) is 116 Å². The lowest BCUT2D eigenvalue weighted by Gasteiger charge is -2.18. The molecule has 7 nitrogen and oxygen atoms in total. The lowest BCUT2D eigenvalue weighted by Crippen LogP contribution is -2.15. The summed E-state index contributed by atoms with van der Waals surface area (Å²) in [6, 6.07) is 20.3. The van der Waals surface area contributed by atoms with Crippen LogP contribution in [-0.4, -0.2) is 15.0 Å². The average molecular weight is 412 g/mol. The quantitative estimate of drug-likeness (QED) is 0.243. The van der Waals surface area contributed by atoms with E-state index in [2.05, 4.69) is 4.98 Å². The first-order chi connectivity index (χ1) is 15.0. The van der Waals surface area contributed by atoms with E-state index < -0.39 is 16.5 Å². The first-order valence-corrected chi connectivity index (χ1v) is 9.59. The van der Waals surface area contributed by atoms with E-state index >= 15 is 0 Å². The lowest BCUT2D eigenvalue weighted by molar-refractivity contribution is -0.384. The van der Waals surface area contributed by atoms with Crippen LogP contribution in [0.1, 0.15) is 22.6 Å². The molecule has 0 aliphatic rings. The van der Waals surface area contributed by atoms with Crippen LogP contribution in [0.25, 0.3) is 21.9 Å². The molecule has 7 heteroatoms. The van der Waals surface area contributed by atoms with Gasteiger partial charge in [-0.3, -0.25) is 10.1 Å². The maximum Gasteiger partial charge on any atom is 0.344 e. The number of nitro benzene ring substituents is 1. The average Bonchev–Trinajstić information content (AvgIpc) is 3.20. The van der Waals surface area contributed by atoms with Crippen LogP contribution in [0.15, 0.2) is 88.2 Å². The summed E-state index contributed by atoms with van der Waals surface area (Å²) in [5.74, 6) is -0.863. The van der Waals surface area contributed by atoms with Crippen LogP contribution < -0.4 is 5.63 Å². The highest BCUT2D eigenvalue weighted by Crippen LogP contribution is 2.40. The molecule has 2 aromatic heterocycles. The van der Waals surface area contributed by atoms with Crippen LogP contribution in [0.5, 0.6) is 5.75 Å². The summed E-state index contributed by atoms with van der Waals surface area (Å²) in [6.07, 6.45) is 1.78. The molecule has 2 N–H and O–H groups in total. The Balaban J connectivity index is 1.82. The van der Waals surface area contributed by atoms with E-state index in [0.717, 1.165) is 16.5 Å². The van der Waals surface area contributed by atoms with Gasteiger partial charge in [0, 0.05) is 35.2 Å². The number of aromatic hydroxyl groups is 1. The van der Waals surface area contributed by atoms with Crippen LogP contribution in [0.3, 0.4) is 0 Å². The van der Waals surface area contributed by atoms with Gasteiger partial charge in [-0.1, -0.05) is 42.5 Å². The molecule has 0 amide bonds. The molecule has 152 valence electrons. The monoisotopic (exact) mass is 412 g/mol. The van der Waals surface area contributed by atoms with Gasteiger partial charge in [-0.25, -0.2) is 4.79 Å². The number of hydrogen-bond acceptors (Lipinski definition) is 5. The fourth-order valence-corrected chi connectivity index (χ4v) is 4.03. The van der Waals surface area contributed by atoms with Gasteiger partial charge in [0.15, 0.2) is 0 Å². The van der Waals surface area contributed by atoms with E-state index in [4.69, 9.17) is 4.42 Å².